The molecule has 2 heterocycles. The van der Waals surface area contributed by atoms with Gasteiger partial charge in [-0.05, 0) is 30.2 Å². The van der Waals surface area contributed by atoms with Gasteiger partial charge >= 0.3 is 0 Å². The van der Waals surface area contributed by atoms with Crippen LogP contribution in [0.25, 0.3) is 22.2 Å². The Hall–Kier alpha value is -3.20. The van der Waals surface area contributed by atoms with Gasteiger partial charge < -0.3 is 0 Å². The van der Waals surface area contributed by atoms with E-state index in [9.17, 15) is 0 Å². The minimum Gasteiger partial charge on any atom is -0.276 e. The maximum absolute atomic E-state index is 4.73. The smallest absolute Gasteiger partial charge is 0.118 e. The molecule has 2 aromatic heterocycles. The van der Waals surface area contributed by atoms with Crippen LogP contribution in [0.2, 0.25) is 0 Å². The topological polar surface area (TPSA) is 41.6 Å². The third-order valence-electron chi connectivity index (χ3n) is 3.35. The Bertz CT molecular complexity index is 874. The van der Waals surface area contributed by atoms with E-state index in [1.807, 2.05) is 61.6 Å². The summed E-state index contributed by atoms with van der Waals surface area (Å²) < 4.78 is 0. The molecule has 2 rings (SSSR count). The Labute approximate surface area is 142 Å². The van der Waals surface area contributed by atoms with Crippen LogP contribution in [0.1, 0.15) is 18.3 Å². The summed E-state index contributed by atoms with van der Waals surface area (Å²) in [7, 11) is 0. The van der Waals surface area contributed by atoms with Crippen LogP contribution >= 0.6 is 0 Å². The minimum absolute atomic E-state index is 0.740. The molecule has 0 bridgehead atoms. The summed E-state index contributed by atoms with van der Waals surface area (Å²) >= 11 is 0. The Morgan fingerprint density at radius 1 is 1.12 bits per heavy atom. The second kappa shape index (κ2) is 8.44. The summed E-state index contributed by atoms with van der Waals surface area (Å²) in [6.45, 7) is 13.5. The van der Waals surface area contributed by atoms with E-state index in [-0.39, 0.29) is 0 Å². The highest BCUT2D eigenvalue weighted by Crippen LogP contribution is 2.23. The van der Waals surface area contributed by atoms with Crippen molar-refractivity contribution in [1.29, 1.82) is 0 Å². The van der Waals surface area contributed by atoms with Crippen molar-refractivity contribution in [3.8, 4) is 0 Å². The first-order valence-electron chi connectivity index (χ1n) is 7.67. The van der Waals surface area contributed by atoms with Crippen molar-refractivity contribution in [1.82, 2.24) is 15.2 Å². The van der Waals surface area contributed by atoms with E-state index in [1.165, 1.54) is 0 Å². The van der Waals surface area contributed by atoms with Crippen molar-refractivity contribution in [2.24, 2.45) is 0 Å². The molecule has 0 aliphatic heterocycles. The molecule has 0 fully saturated rings. The number of nitrogens with one attached hydrogen (secondary N) is 1. The molecule has 0 amide bonds. The Morgan fingerprint density at radius 2 is 1.96 bits per heavy atom. The fraction of sp³-hybridized carbons (Fsp3) is 0.0476. The van der Waals surface area contributed by atoms with Gasteiger partial charge in [0.25, 0.3) is 0 Å². The summed E-state index contributed by atoms with van der Waals surface area (Å²) in [6, 6.07) is 3.92. The van der Waals surface area contributed by atoms with Gasteiger partial charge in [0, 0.05) is 0 Å². The van der Waals surface area contributed by atoms with Crippen LogP contribution in [0.4, 0.5) is 0 Å². The number of aromatic amines is 1. The summed E-state index contributed by atoms with van der Waals surface area (Å²) in [5.74, 6) is 0. The molecule has 0 aromatic carbocycles. The molecule has 120 valence electrons. The predicted octanol–water partition coefficient (Wildman–Crippen LogP) is 5.42. The van der Waals surface area contributed by atoms with Gasteiger partial charge in [0.1, 0.15) is 11.2 Å². The van der Waals surface area contributed by atoms with Crippen molar-refractivity contribution in [2.45, 2.75) is 6.92 Å². The Kier molecular flexibility index (Phi) is 6.03. The molecule has 1 N–H and O–H groups in total. The quantitative estimate of drug-likeness (QED) is 0.694. The fourth-order valence-corrected chi connectivity index (χ4v) is 2.13. The predicted molar refractivity (Wildman–Crippen MR) is 104 cm³/mol. The second-order valence-electron chi connectivity index (χ2n) is 5.02. The van der Waals surface area contributed by atoms with Crippen molar-refractivity contribution in [3.05, 3.63) is 97.9 Å². The number of H-pyrrole nitrogens is 1. The van der Waals surface area contributed by atoms with Crippen LogP contribution in [0.5, 0.6) is 0 Å². The monoisotopic (exact) mass is 315 g/mol. The SMILES string of the molecule is C=C/C=C\C=C/C(=C)c1n[nH]c2ccc(/C(C=C)=C/C=C\C)nc12. The van der Waals surface area contributed by atoms with E-state index in [4.69, 9.17) is 4.98 Å². The molecule has 2 aromatic rings. The molecule has 3 heteroatoms. The maximum atomic E-state index is 4.73. The Morgan fingerprint density at radius 3 is 2.67 bits per heavy atom. The lowest BCUT2D eigenvalue weighted by atomic mass is 10.1. The zero-order valence-electron chi connectivity index (χ0n) is 13.9. The van der Waals surface area contributed by atoms with Crippen LogP contribution in [-0.4, -0.2) is 15.2 Å². The number of hydrogen-bond donors (Lipinski definition) is 1. The minimum atomic E-state index is 0.740. The van der Waals surface area contributed by atoms with E-state index in [2.05, 4.69) is 29.9 Å². The average molecular weight is 315 g/mol. The lowest BCUT2D eigenvalue weighted by Gasteiger charge is -2.02. The van der Waals surface area contributed by atoms with Crippen molar-refractivity contribution in [2.75, 3.05) is 0 Å². The number of rotatable bonds is 7. The third kappa shape index (κ3) is 3.96. The molecule has 0 aliphatic rings. The number of nitrogens with zero attached hydrogens (tertiary/aromatic N) is 2. The molecule has 0 saturated heterocycles. The summed E-state index contributed by atoms with van der Waals surface area (Å²) in [5, 5.41) is 7.34. The molecule has 0 saturated carbocycles. The molecule has 0 radical (unpaired) electrons. The highest BCUT2D eigenvalue weighted by molar-refractivity contribution is 5.90. The average Bonchev–Trinajstić information content (AvgIpc) is 3.02. The highest BCUT2D eigenvalue weighted by Gasteiger charge is 2.10. The molecule has 24 heavy (non-hydrogen) atoms. The third-order valence-corrected chi connectivity index (χ3v) is 3.35. The molecular formula is C21H21N3. The van der Waals surface area contributed by atoms with E-state index >= 15 is 0 Å². The maximum Gasteiger partial charge on any atom is 0.118 e. The Balaban J connectivity index is 2.43. The molecule has 0 spiro atoms. The second-order valence-corrected chi connectivity index (χ2v) is 5.02. The van der Waals surface area contributed by atoms with E-state index < -0.39 is 0 Å². The van der Waals surface area contributed by atoms with Crippen LogP contribution in [0.15, 0.2) is 86.6 Å². The number of aromatic nitrogens is 3. The first-order valence-corrected chi connectivity index (χ1v) is 7.67. The van der Waals surface area contributed by atoms with Gasteiger partial charge in [0.2, 0.25) is 0 Å². The normalized spacial score (nSPS) is 12.6. The lowest BCUT2D eigenvalue weighted by molar-refractivity contribution is 1.10. The largest absolute Gasteiger partial charge is 0.276 e. The fourth-order valence-electron chi connectivity index (χ4n) is 2.13. The number of pyridine rings is 1. The molecule has 3 nitrogen and oxygen atoms in total. The van der Waals surface area contributed by atoms with Gasteiger partial charge in [-0.3, -0.25) is 5.10 Å². The standard InChI is InChI=1S/C21H21N3/c1-5-8-10-11-12-16(4)20-21-19(23-24-20)15-14-18(22-21)17(7-3)13-9-6-2/h5-15H,1,3-4H2,2H3,(H,23,24)/b9-6-,10-8-,12-11-,17-13+. The molecule has 0 unspecified atom stereocenters. The van der Waals surface area contributed by atoms with Crippen molar-refractivity contribution >= 4 is 22.2 Å². The lowest BCUT2D eigenvalue weighted by Crippen LogP contribution is -1.89. The number of allylic oxidation sites excluding steroid dienone is 11. The van der Waals surface area contributed by atoms with Gasteiger partial charge in [-0.25, -0.2) is 4.98 Å². The number of hydrogen-bond acceptors (Lipinski definition) is 2. The van der Waals surface area contributed by atoms with E-state index in [0.29, 0.717) is 0 Å². The first kappa shape index (κ1) is 17.2. The zero-order chi connectivity index (χ0) is 17.4. The van der Waals surface area contributed by atoms with Gasteiger partial charge in [0.05, 0.1) is 11.2 Å². The van der Waals surface area contributed by atoms with Gasteiger partial charge in [-0.1, -0.05) is 74.4 Å². The van der Waals surface area contributed by atoms with Gasteiger partial charge in [-0.15, -0.1) is 0 Å². The van der Waals surface area contributed by atoms with Crippen LogP contribution in [0.3, 0.4) is 0 Å². The van der Waals surface area contributed by atoms with Crippen LogP contribution < -0.4 is 0 Å². The van der Waals surface area contributed by atoms with Crippen molar-refractivity contribution < 1.29 is 0 Å². The van der Waals surface area contributed by atoms with Gasteiger partial charge in [0.15, 0.2) is 0 Å². The first-order chi connectivity index (χ1) is 11.7. The zero-order valence-corrected chi connectivity index (χ0v) is 13.9. The van der Waals surface area contributed by atoms with Crippen LogP contribution in [0, 0.1) is 0 Å². The highest BCUT2D eigenvalue weighted by atomic mass is 15.1. The van der Waals surface area contributed by atoms with Gasteiger partial charge in [-0.2, -0.15) is 5.10 Å². The van der Waals surface area contributed by atoms with E-state index in [0.717, 1.165) is 33.6 Å². The molecular weight excluding hydrogens is 294 g/mol. The molecule has 0 aliphatic carbocycles. The molecule has 0 atom stereocenters. The summed E-state index contributed by atoms with van der Waals surface area (Å²) in [4.78, 5) is 4.73. The summed E-state index contributed by atoms with van der Waals surface area (Å²) in [5.41, 5.74) is 5.00. The van der Waals surface area contributed by atoms with Crippen molar-refractivity contribution in [3.63, 3.8) is 0 Å². The van der Waals surface area contributed by atoms with Crippen LogP contribution in [-0.2, 0) is 0 Å². The van der Waals surface area contributed by atoms with E-state index in [1.54, 1.807) is 12.2 Å². The number of fused-ring (bicyclic) bond motifs is 1. The summed E-state index contributed by atoms with van der Waals surface area (Å²) in [6.07, 6.45) is 17.0.